The lowest BCUT2D eigenvalue weighted by Gasteiger charge is -2.09. The van der Waals surface area contributed by atoms with Crippen molar-refractivity contribution in [2.45, 2.75) is 18.8 Å². The molecule has 5 heteroatoms. The summed E-state index contributed by atoms with van der Waals surface area (Å²) in [5.74, 6) is 0. The van der Waals surface area contributed by atoms with Crippen LogP contribution in [0.4, 0.5) is 17.6 Å². The Labute approximate surface area is 91.5 Å². The van der Waals surface area contributed by atoms with Crippen molar-refractivity contribution in [2.24, 2.45) is 0 Å². The van der Waals surface area contributed by atoms with Crippen molar-refractivity contribution >= 4 is 0 Å². The van der Waals surface area contributed by atoms with Gasteiger partial charge in [-0.3, -0.25) is 0 Å². The van der Waals surface area contributed by atoms with Gasteiger partial charge in [0.1, 0.15) is 6.17 Å². The van der Waals surface area contributed by atoms with Crippen LogP contribution in [0.1, 0.15) is 11.1 Å². The van der Waals surface area contributed by atoms with Gasteiger partial charge in [0, 0.05) is 13.0 Å². The van der Waals surface area contributed by atoms with E-state index in [4.69, 9.17) is 0 Å². The molecule has 0 aliphatic carbocycles. The van der Waals surface area contributed by atoms with E-state index < -0.39 is 17.9 Å². The SMILES string of the molecule is CNCC(F)Cc1ccc(C(F)(F)F)cc1. The highest BCUT2D eigenvalue weighted by molar-refractivity contribution is 5.25. The van der Waals surface area contributed by atoms with Crippen molar-refractivity contribution in [1.29, 1.82) is 0 Å². The van der Waals surface area contributed by atoms with Gasteiger partial charge in [0.2, 0.25) is 0 Å². The monoisotopic (exact) mass is 235 g/mol. The number of rotatable bonds is 4. The van der Waals surface area contributed by atoms with Crippen molar-refractivity contribution in [3.63, 3.8) is 0 Å². The molecule has 1 rings (SSSR count). The molecule has 0 heterocycles. The van der Waals surface area contributed by atoms with Crippen molar-refractivity contribution in [1.82, 2.24) is 5.32 Å². The average molecular weight is 235 g/mol. The van der Waals surface area contributed by atoms with E-state index in [9.17, 15) is 17.6 Å². The minimum absolute atomic E-state index is 0.124. The normalized spacial score (nSPS) is 13.8. The van der Waals surface area contributed by atoms with Gasteiger partial charge in [-0.15, -0.1) is 0 Å². The number of nitrogens with one attached hydrogen (secondary N) is 1. The standard InChI is InChI=1S/C11H13F4N/c1-16-7-10(12)6-8-2-4-9(5-3-8)11(13,14)15/h2-5,10,16H,6-7H2,1H3. The fourth-order valence-corrected chi connectivity index (χ4v) is 1.38. The molecule has 0 bridgehead atoms. The smallest absolute Gasteiger partial charge is 0.317 e. The van der Waals surface area contributed by atoms with Gasteiger partial charge >= 0.3 is 6.18 Å². The van der Waals surface area contributed by atoms with Gasteiger partial charge in [-0.05, 0) is 24.7 Å². The quantitative estimate of drug-likeness (QED) is 0.791. The topological polar surface area (TPSA) is 12.0 Å². The molecule has 1 unspecified atom stereocenters. The Morgan fingerprint density at radius 1 is 1.19 bits per heavy atom. The Hall–Kier alpha value is -1.10. The lowest BCUT2D eigenvalue weighted by molar-refractivity contribution is -0.137. The second-order valence-electron chi connectivity index (χ2n) is 3.55. The Morgan fingerprint density at radius 2 is 1.75 bits per heavy atom. The third-order valence-electron chi connectivity index (χ3n) is 2.16. The first-order chi connectivity index (χ1) is 7.43. The van der Waals surface area contributed by atoms with E-state index in [1.165, 1.54) is 12.1 Å². The molecule has 0 aromatic heterocycles. The zero-order valence-corrected chi connectivity index (χ0v) is 8.81. The van der Waals surface area contributed by atoms with Crippen molar-refractivity contribution in [3.05, 3.63) is 35.4 Å². The number of halogens is 4. The second kappa shape index (κ2) is 5.30. The number of benzene rings is 1. The predicted octanol–water partition coefficient (Wildman–Crippen LogP) is 2.81. The molecular formula is C11H13F4N. The average Bonchev–Trinajstić information content (AvgIpc) is 2.17. The van der Waals surface area contributed by atoms with Gasteiger partial charge in [0.15, 0.2) is 0 Å². The van der Waals surface area contributed by atoms with Gasteiger partial charge in [-0.25, -0.2) is 4.39 Å². The van der Waals surface area contributed by atoms with E-state index in [0.29, 0.717) is 5.56 Å². The lowest BCUT2D eigenvalue weighted by Crippen LogP contribution is -2.21. The molecular weight excluding hydrogens is 222 g/mol. The van der Waals surface area contributed by atoms with Crippen LogP contribution in [0.25, 0.3) is 0 Å². The summed E-state index contributed by atoms with van der Waals surface area (Å²) in [6.07, 6.45) is -5.29. The molecule has 1 aromatic rings. The molecule has 0 fully saturated rings. The number of alkyl halides is 4. The summed E-state index contributed by atoms with van der Waals surface area (Å²) in [5, 5.41) is 2.67. The second-order valence-corrected chi connectivity index (χ2v) is 3.55. The minimum atomic E-state index is -4.33. The fraction of sp³-hybridized carbons (Fsp3) is 0.455. The Balaban J connectivity index is 2.65. The molecule has 0 amide bonds. The molecule has 16 heavy (non-hydrogen) atoms. The molecule has 1 aromatic carbocycles. The van der Waals surface area contributed by atoms with Gasteiger partial charge in [0.05, 0.1) is 5.56 Å². The van der Waals surface area contributed by atoms with Gasteiger partial charge < -0.3 is 5.32 Å². The van der Waals surface area contributed by atoms with Crippen LogP contribution < -0.4 is 5.32 Å². The molecule has 0 spiro atoms. The molecule has 1 atom stereocenters. The highest BCUT2D eigenvalue weighted by Crippen LogP contribution is 2.29. The van der Waals surface area contributed by atoms with E-state index >= 15 is 0 Å². The highest BCUT2D eigenvalue weighted by atomic mass is 19.4. The summed E-state index contributed by atoms with van der Waals surface area (Å²) in [6, 6.07) is 4.57. The van der Waals surface area contributed by atoms with Crippen LogP contribution in [0.2, 0.25) is 0 Å². The summed E-state index contributed by atoms with van der Waals surface area (Å²) in [7, 11) is 1.62. The highest BCUT2D eigenvalue weighted by Gasteiger charge is 2.29. The molecule has 90 valence electrons. The zero-order chi connectivity index (χ0) is 12.2. The van der Waals surface area contributed by atoms with Crippen LogP contribution in [-0.4, -0.2) is 19.8 Å². The van der Waals surface area contributed by atoms with Crippen molar-refractivity contribution in [2.75, 3.05) is 13.6 Å². The van der Waals surface area contributed by atoms with Crippen LogP contribution in [0.3, 0.4) is 0 Å². The van der Waals surface area contributed by atoms with Crippen LogP contribution in [-0.2, 0) is 12.6 Å². The maximum absolute atomic E-state index is 13.1. The van der Waals surface area contributed by atoms with Crippen LogP contribution in [0.15, 0.2) is 24.3 Å². The van der Waals surface area contributed by atoms with Gasteiger partial charge in [-0.2, -0.15) is 13.2 Å². The predicted molar refractivity (Wildman–Crippen MR) is 54.0 cm³/mol. The number of hydrogen-bond acceptors (Lipinski definition) is 1. The molecule has 0 radical (unpaired) electrons. The molecule has 1 N–H and O–H groups in total. The van der Waals surface area contributed by atoms with E-state index in [1.54, 1.807) is 7.05 Å². The van der Waals surface area contributed by atoms with E-state index in [0.717, 1.165) is 12.1 Å². The summed E-state index contributed by atoms with van der Waals surface area (Å²) in [5.41, 5.74) is -0.143. The maximum Gasteiger partial charge on any atom is 0.416 e. The third-order valence-corrected chi connectivity index (χ3v) is 2.16. The van der Waals surface area contributed by atoms with Gasteiger partial charge in [-0.1, -0.05) is 12.1 Å². The van der Waals surface area contributed by atoms with Gasteiger partial charge in [0.25, 0.3) is 0 Å². The van der Waals surface area contributed by atoms with E-state index in [-0.39, 0.29) is 13.0 Å². The van der Waals surface area contributed by atoms with E-state index in [2.05, 4.69) is 5.32 Å². The molecule has 0 aliphatic heterocycles. The number of hydrogen-bond donors (Lipinski definition) is 1. The van der Waals surface area contributed by atoms with Crippen LogP contribution >= 0.6 is 0 Å². The lowest BCUT2D eigenvalue weighted by atomic mass is 10.1. The Bertz CT molecular complexity index is 318. The Morgan fingerprint density at radius 3 is 2.19 bits per heavy atom. The summed E-state index contributed by atoms with van der Waals surface area (Å²) >= 11 is 0. The van der Waals surface area contributed by atoms with Crippen molar-refractivity contribution in [3.8, 4) is 0 Å². The summed E-state index contributed by atoms with van der Waals surface area (Å²) < 4.78 is 49.8. The van der Waals surface area contributed by atoms with Crippen LogP contribution in [0.5, 0.6) is 0 Å². The van der Waals surface area contributed by atoms with E-state index in [1.807, 2.05) is 0 Å². The summed E-state index contributed by atoms with van der Waals surface area (Å²) in [4.78, 5) is 0. The van der Waals surface area contributed by atoms with Crippen LogP contribution in [0, 0.1) is 0 Å². The first-order valence-corrected chi connectivity index (χ1v) is 4.88. The third kappa shape index (κ3) is 3.81. The Kier molecular flexibility index (Phi) is 4.29. The van der Waals surface area contributed by atoms with Crippen molar-refractivity contribution < 1.29 is 17.6 Å². The largest absolute Gasteiger partial charge is 0.416 e. The summed E-state index contributed by atoms with van der Waals surface area (Å²) in [6.45, 7) is 0.195. The first kappa shape index (κ1) is 13.0. The molecule has 0 aliphatic rings. The molecule has 1 nitrogen and oxygen atoms in total. The zero-order valence-electron chi connectivity index (χ0n) is 8.81. The fourth-order valence-electron chi connectivity index (χ4n) is 1.38. The first-order valence-electron chi connectivity index (χ1n) is 4.88. The molecule has 0 saturated heterocycles. The molecule has 0 saturated carbocycles. The maximum atomic E-state index is 13.1. The minimum Gasteiger partial charge on any atom is -0.317 e.